The molecule has 1 aromatic rings. The van der Waals surface area contributed by atoms with E-state index in [9.17, 15) is 13.2 Å². The largest absolute Gasteiger partial charge is 0.314 e. The zero-order valence-corrected chi connectivity index (χ0v) is 11.1. The molecule has 1 saturated heterocycles. The third kappa shape index (κ3) is 4.09. The van der Waals surface area contributed by atoms with Crippen molar-refractivity contribution in [2.75, 3.05) is 26.2 Å². The molecule has 0 aromatic heterocycles. The minimum Gasteiger partial charge on any atom is -0.314 e. The maximum atomic E-state index is 13.4. The molecule has 0 bridgehead atoms. The topological polar surface area (TPSA) is 15.3 Å². The Kier molecular flexibility index (Phi) is 5.07. The molecule has 0 saturated carbocycles. The molecule has 6 heteroatoms. The van der Waals surface area contributed by atoms with Crippen molar-refractivity contribution in [3.63, 3.8) is 0 Å². The molecule has 106 valence electrons. The first-order chi connectivity index (χ1) is 9.06. The molecule has 1 atom stereocenters. The first-order valence-corrected chi connectivity index (χ1v) is 6.63. The van der Waals surface area contributed by atoms with Crippen LogP contribution < -0.4 is 5.32 Å². The standard InChI is InChI=1S/C13H16ClF3N2/c14-10-5-9(6-11(15)7-10)12(8-13(16)17)19-3-1-18-2-4-19/h5-7,12-13,18H,1-4,8H2/t12-/m0/s1. The maximum Gasteiger partial charge on any atom is 0.240 e. The Morgan fingerprint density at radius 1 is 1.21 bits per heavy atom. The average Bonchev–Trinajstić information content (AvgIpc) is 2.35. The van der Waals surface area contributed by atoms with Crippen molar-refractivity contribution in [3.05, 3.63) is 34.6 Å². The Balaban J connectivity index is 2.24. The van der Waals surface area contributed by atoms with Gasteiger partial charge in [-0.05, 0) is 23.8 Å². The van der Waals surface area contributed by atoms with Gasteiger partial charge in [0.05, 0.1) is 0 Å². The van der Waals surface area contributed by atoms with E-state index in [0.717, 1.165) is 13.1 Å². The van der Waals surface area contributed by atoms with E-state index in [1.807, 2.05) is 4.90 Å². The third-order valence-corrected chi connectivity index (χ3v) is 3.48. The molecular formula is C13H16ClF3N2. The van der Waals surface area contributed by atoms with Crippen molar-refractivity contribution in [2.24, 2.45) is 0 Å². The van der Waals surface area contributed by atoms with E-state index < -0.39 is 18.3 Å². The number of hydrogen-bond donors (Lipinski definition) is 1. The monoisotopic (exact) mass is 292 g/mol. The van der Waals surface area contributed by atoms with Crippen molar-refractivity contribution in [1.29, 1.82) is 0 Å². The maximum absolute atomic E-state index is 13.4. The number of benzene rings is 1. The molecule has 0 aliphatic carbocycles. The fourth-order valence-corrected chi connectivity index (χ4v) is 2.66. The summed E-state index contributed by atoms with van der Waals surface area (Å²) in [4.78, 5) is 1.95. The summed E-state index contributed by atoms with van der Waals surface area (Å²) in [5, 5.41) is 3.41. The summed E-state index contributed by atoms with van der Waals surface area (Å²) in [6.07, 6.45) is -2.73. The fraction of sp³-hybridized carbons (Fsp3) is 0.538. The first-order valence-electron chi connectivity index (χ1n) is 6.25. The Bertz CT molecular complexity index is 402. The Morgan fingerprint density at radius 2 is 1.89 bits per heavy atom. The highest BCUT2D eigenvalue weighted by Crippen LogP contribution is 2.30. The van der Waals surface area contributed by atoms with Gasteiger partial charge in [-0.1, -0.05) is 11.6 Å². The molecule has 1 aromatic carbocycles. The lowest BCUT2D eigenvalue weighted by Gasteiger charge is -2.35. The predicted octanol–water partition coefficient (Wildman–Crippen LogP) is 3.08. The lowest BCUT2D eigenvalue weighted by atomic mass is 10.0. The van der Waals surface area contributed by atoms with Crippen molar-refractivity contribution >= 4 is 11.6 Å². The van der Waals surface area contributed by atoms with E-state index in [1.54, 1.807) is 6.07 Å². The molecule has 1 aliphatic rings. The molecular weight excluding hydrogens is 277 g/mol. The van der Waals surface area contributed by atoms with E-state index in [4.69, 9.17) is 11.6 Å². The smallest absolute Gasteiger partial charge is 0.240 e. The molecule has 19 heavy (non-hydrogen) atoms. The number of alkyl halides is 2. The second-order valence-electron chi connectivity index (χ2n) is 4.63. The van der Waals surface area contributed by atoms with Crippen LogP contribution in [0.5, 0.6) is 0 Å². The van der Waals surface area contributed by atoms with E-state index in [1.165, 1.54) is 12.1 Å². The van der Waals surface area contributed by atoms with Crippen molar-refractivity contribution in [3.8, 4) is 0 Å². The number of rotatable bonds is 4. The minimum absolute atomic E-state index is 0.240. The van der Waals surface area contributed by atoms with Crippen LogP contribution in [-0.4, -0.2) is 37.5 Å². The molecule has 0 radical (unpaired) electrons. The van der Waals surface area contributed by atoms with Crippen LogP contribution in [0.25, 0.3) is 0 Å². The van der Waals surface area contributed by atoms with Crippen molar-refractivity contribution in [1.82, 2.24) is 10.2 Å². The van der Waals surface area contributed by atoms with E-state index >= 15 is 0 Å². The molecule has 1 N–H and O–H groups in total. The highest BCUT2D eigenvalue weighted by Gasteiger charge is 2.26. The normalized spacial score (nSPS) is 18.8. The van der Waals surface area contributed by atoms with Crippen LogP contribution in [0.3, 0.4) is 0 Å². The summed E-state index contributed by atoms with van der Waals surface area (Å²) >= 11 is 5.81. The summed E-state index contributed by atoms with van der Waals surface area (Å²) in [7, 11) is 0. The van der Waals surface area contributed by atoms with Gasteiger partial charge in [-0.25, -0.2) is 13.2 Å². The number of halogens is 4. The molecule has 0 amide bonds. The summed E-state index contributed by atoms with van der Waals surface area (Å²) in [5.74, 6) is -0.489. The van der Waals surface area contributed by atoms with Crippen molar-refractivity contribution in [2.45, 2.75) is 18.9 Å². The van der Waals surface area contributed by atoms with E-state index in [2.05, 4.69) is 5.32 Å². The third-order valence-electron chi connectivity index (χ3n) is 3.26. The van der Waals surface area contributed by atoms with Crippen LogP contribution in [0.15, 0.2) is 18.2 Å². The van der Waals surface area contributed by atoms with Crippen molar-refractivity contribution < 1.29 is 13.2 Å². The average molecular weight is 293 g/mol. The Hall–Kier alpha value is -0.780. The Labute approximate surface area is 115 Å². The predicted molar refractivity (Wildman–Crippen MR) is 69.2 cm³/mol. The molecule has 1 aliphatic heterocycles. The van der Waals surface area contributed by atoms with Gasteiger partial charge >= 0.3 is 0 Å². The lowest BCUT2D eigenvalue weighted by Crippen LogP contribution is -2.45. The van der Waals surface area contributed by atoms with Gasteiger partial charge in [0, 0.05) is 43.7 Å². The molecule has 1 fully saturated rings. The fourth-order valence-electron chi connectivity index (χ4n) is 2.43. The van der Waals surface area contributed by atoms with Crippen LogP contribution in [0.1, 0.15) is 18.0 Å². The van der Waals surface area contributed by atoms with E-state index in [0.29, 0.717) is 18.7 Å². The highest BCUT2D eigenvalue weighted by molar-refractivity contribution is 6.30. The van der Waals surface area contributed by atoms with Gasteiger partial charge in [0.25, 0.3) is 0 Å². The summed E-state index contributed by atoms with van der Waals surface area (Å²) < 4.78 is 38.9. The number of hydrogen-bond acceptors (Lipinski definition) is 2. The lowest BCUT2D eigenvalue weighted by molar-refractivity contribution is 0.0738. The molecule has 1 heterocycles. The van der Waals surface area contributed by atoms with Crippen LogP contribution in [0, 0.1) is 5.82 Å². The summed E-state index contributed by atoms with van der Waals surface area (Å²) in [6, 6.07) is 3.55. The van der Waals surface area contributed by atoms with Crippen LogP contribution in [0.4, 0.5) is 13.2 Å². The summed E-state index contributed by atoms with van der Waals surface area (Å²) in [6.45, 7) is 2.85. The van der Waals surface area contributed by atoms with Crippen LogP contribution in [0.2, 0.25) is 5.02 Å². The van der Waals surface area contributed by atoms with Gasteiger partial charge in [-0.15, -0.1) is 0 Å². The number of nitrogens with one attached hydrogen (secondary N) is 1. The molecule has 0 unspecified atom stereocenters. The zero-order chi connectivity index (χ0) is 13.8. The van der Waals surface area contributed by atoms with E-state index in [-0.39, 0.29) is 11.4 Å². The van der Waals surface area contributed by atoms with Gasteiger partial charge in [-0.2, -0.15) is 0 Å². The summed E-state index contributed by atoms with van der Waals surface area (Å²) in [5.41, 5.74) is 0.521. The zero-order valence-electron chi connectivity index (χ0n) is 10.4. The van der Waals surface area contributed by atoms with Gasteiger partial charge in [0.2, 0.25) is 6.43 Å². The van der Waals surface area contributed by atoms with Gasteiger partial charge in [0.1, 0.15) is 5.82 Å². The molecule has 2 rings (SSSR count). The van der Waals surface area contributed by atoms with Crippen LogP contribution >= 0.6 is 11.6 Å². The highest BCUT2D eigenvalue weighted by atomic mass is 35.5. The van der Waals surface area contributed by atoms with Gasteiger partial charge in [0.15, 0.2) is 0 Å². The number of nitrogens with zero attached hydrogens (tertiary/aromatic N) is 1. The Morgan fingerprint density at radius 3 is 2.47 bits per heavy atom. The van der Waals surface area contributed by atoms with Gasteiger partial charge < -0.3 is 5.32 Å². The quantitative estimate of drug-likeness (QED) is 0.917. The SMILES string of the molecule is Fc1cc(Cl)cc([C@H](CC(F)F)N2CCNCC2)c1. The second kappa shape index (κ2) is 6.59. The van der Waals surface area contributed by atoms with Gasteiger partial charge in [-0.3, -0.25) is 4.90 Å². The second-order valence-corrected chi connectivity index (χ2v) is 5.07. The molecule has 2 nitrogen and oxygen atoms in total. The molecule has 0 spiro atoms. The number of piperazine rings is 1. The minimum atomic E-state index is -2.43. The van der Waals surface area contributed by atoms with Crippen LogP contribution in [-0.2, 0) is 0 Å². The first kappa shape index (κ1) is 14.6.